The van der Waals surface area contributed by atoms with Crippen LogP contribution in [-0.2, 0) is 4.79 Å². The molecule has 0 aromatic heterocycles. The van der Waals surface area contributed by atoms with E-state index in [-0.39, 0.29) is 24.4 Å². The molecule has 1 fully saturated rings. The van der Waals surface area contributed by atoms with E-state index in [2.05, 4.69) is 10.6 Å². The van der Waals surface area contributed by atoms with E-state index in [9.17, 15) is 9.59 Å². The molecule has 0 spiro atoms. The molecule has 0 radical (unpaired) electrons. The van der Waals surface area contributed by atoms with Crippen molar-refractivity contribution >= 4 is 29.9 Å². The van der Waals surface area contributed by atoms with Gasteiger partial charge in [-0.25, -0.2) is 0 Å². The Kier molecular flexibility index (Phi) is 5.12. The Morgan fingerprint density at radius 2 is 2.17 bits per heavy atom. The maximum Gasteiger partial charge on any atom is 0.248 e. The minimum Gasteiger partial charge on any atom is -0.366 e. The van der Waals surface area contributed by atoms with Crippen LogP contribution in [-0.4, -0.2) is 24.4 Å². The summed E-state index contributed by atoms with van der Waals surface area (Å²) in [5, 5.41) is 5.88. The Bertz CT molecular complexity index is 445. The first kappa shape index (κ1) is 14.5. The van der Waals surface area contributed by atoms with Crippen molar-refractivity contribution in [2.45, 2.75) is 18.9 Å². The summed E-state index contributed by atoms with van der Waals surface area (Å²) >= 11 is 0. The third kappa shape index (κ3) is 3.45. The summed E-state index contributed by atoms with van der Waals surface area (Å²) in [6, 6.07) is 6.49. The van der Waals surface area contributed by atoms with Gasteiger partial charge in [0, 0.05) is 11.3 Å². The monoisotopic (exact) mass is 269 g/mol. The zero-order chi connectivity index (χ0) is 12.3. The van der Waals surface area contributed by atoms with Gasteiger partial charge in [0.25, 0.3) is 0 Å². The number of carbonyl (C=O) groups excluding carboxylic acids is 2. The number of halogens is 1. The number of anilines is 1. The summed E-state index contributed by atoms with van der Waals surface area (Å²) in [6.07, 6.45) is 1.86. The van der Waals surface area contributed by atoms with Crippen molar-refractivity contribution < 1.29 is 9.59 Å². The van der Waals surface area contributed by atoms with Gasteiger partial charge in [-0.05, 0) is 37.6 Å². The van der Waals surface area contributed by atoms with E-state index in [4.69, 9.17) is 5.73 Å². The molecule has 1 atom stereocenters. The molecule has 6 heteroatoms. The van der Waals surface area contributed by atoms with E-state index in [1.54, 1.807) is 24.3 Å². The Hall–Kier alpha value is -1.59. The van der Waals surface area contributed by atoms with Crippen LogP contribution in [0.15, 0.2) is 24.3 Å². The molecule has 1 aliphatic rings. The minimum absolute atomic E-state index is 0. The predicted octanol–water partition coefficient (Wildman–Crippen LogP) is 0.898. The highest BCUT2D eigenvalue weighted by atomic mass is 35.5. The number of hydrogen-bond donors (Lipinski definition) is 3. The molecule has 2 rings (SSSR count). The summed E-state index contributed by atoms with van der Waals surface area (Å²) in [6.45, 7) is 0.874. The van der Waals surface area contributed by atoms with Gasteiger partial charge in [0.15, 0.2) is 0 Å². The van der Waals surface area contributed by atoms with Crippen LogP contribution in [0, 0.1) is 0 Å². The van der Waals surface area contributed by atoms with Gasteiger partial charge in [-0.2, -0.15) is 0 Å². The number of benzene rings is 1. The lowest BCUT2D eigenvalue weighted by atomic mass is 10.1. The maximum absolute atomic E-state index is 11.8. The second-order valence-electron chi connectivity index (χ2n) is 4.08. The number of carbonyl (C=O) groups is 2. The first-order chi connectivity index (χ1) is 8.16. The number of nitrogens with two attached hydrogens (primary N) is 1. The molecule has 1 aromatic carbocycles. The first-order valence-electron chi connectivity index (χ1n) is 5.61. The normalized spacial score (nSPS) is 17.9. The molecule has 1 saturated heterocycles. The van der Waals surface area contributed by atoms with Crippen LogP contribution in [0.3, 0.4) is 0 Å². The average molecular weight is 270 g/mol. The number of nitrogens with one attached hydrogen (secondary N) is 2. The Balaban J connectivity index is 0.00000162. The molecule has 5 nitrogen and oxygen atoms in total. The fourth-order valence-corrected chi connectivity index (χ4v) is 1.89. The maximum atomic E-state index is 11.8. The number of rotatable bonds is 3. The van der Waals surface area contributed by atoms with E-state index < -0.39 is 5.91 Å². The molecule has 0 bridgehead atoms. The van der Waals surface area contributed by atoms with Crippen LogP contribution in [0.2, 0.25) is 0 Å². The van der Waals surface area contributed by atoms with E-state index in [1.165, 1.54) is 0 Å². The van der Waals surface area contributed by atoms with Crippen molar-refractivity contribution in [1.29, 1.82) is 0 Å². The van der Waals surface area contributed by atoms with Crippen molar-refractivity contribution in [1.82, 2.24) is 5.32 Å². The second kappa shape index (κ2) is 6.37. The van der Waals surface area contributed by atoms with E-state index in [0.29, 0.717) is 11.3 Å². The van der Waals surface area contributed by atoms with Crippen LogP contribution < -0.4 is 16.4 Å². The molecule has 0 unspecified atom stereocenters. The Morgan fingerprint density at radius 3 is 2.78 bits per heavy atom. The highest BCUT2D eigenvalue weighted by Crippen LogP contribution is 2.12. The van der Waals surface area contributed by atoms with Gasteiger partial charge in [-0.3, -0.25) is 9.59 Å². The molecular formula is C12H16ClN3O2. The van der Waals surface area contributed by atoms with Crippen molar-refractivity contribution in [3.05, 3.63) is 29.8 Å². The fourth-order valence-electron chi connectivity index (χ4n) is 1.89. The molecule has 1 aromatic rings. The molecule has 98 valence electrons. The number of primary amides is 1. The lowest BCUT2D eigenvalue weighted by molar-refractivity contribution is -0.117. The molecule has 1 heterocycles. The third-order valence-corrected chi connectivity index (χ3v) is 2.79. The molecule has 0 saturated carbocycles. The van der Waals surface area contributed by atoms with Crippen LogP contribution in [0.25, 0.3) is 0 Å². The first-order valence-corrected chi connectivity index (χ1v) is 5.61. The molecule has 2 amide bonds. The van der Waals surface area contributed by atoms with Gasteiger partial charge in [0.2, 0.25) is 11.8 Å². The predicted molar refractivity (Wildman–Crippen MR) is 71.9 cm³/mol. The lowest BCUT2D eigenvalue weighted by Crippen LogP contribution is -2.35. The summed E-state index contributed by atoms with van der Waals surface area (Å²) in [4.78, 5) is 22.8. The lowest BCUT2D eigenvalue weighted by Gasteiger charge is -2.11. The highest BCUT2D eigenvalue weighted by molar-refractivity contribution is 5.98. The van der Waals surface area contributed by atoms with Gasteiger partial charge in [-0.1, -0.05) is 6.07 Å². The summed E-state index contributed by atoms with van der Waals surface area (Å²) in [7, 11) is 0. The van der Waals surface area contributed by atoms with Crippen molar-refractivity contribution in [2.24, 2.45) is 5.73 Å². The number of hydrogen-bond acceptors (Lipinski definition) is 3. The summed E-state index contributed by atoms with van der Waals surface area (Å²) < 4.78 is 0. The molecule has 4 N–H and O–H groups in total. The quantitative estimate of drug-likeness (QED) is 0.762. The average Bonchev–Trinajstić information content (AvgIpc) is 2.82. The van der Waals surface area contributed by atoms with Crippen LogP contribution in [0.4, 0.5) is 5.69 Å². The minimum atomic E-state index is -0.500. The smallest absolute Gasteiger partial charge is 0.248 e. The third-order valence-electron chi connectivity index (χ3n) is 2.79. The van der Waals surface area contributed by atoms with Crippen molar-refractivity contribution in [3.8, 4) is 0 Å². The fraction of sp³-hybridized carbons (Fsp3) is 0.333. The van der Waals surface area contributed by atoms with Crippen LogP contribution in [0.1, 0.15) is 23.2 Å². The molecule has 0 aliphatic carbocycles. The van der Waals surface area contributed by atoms with Gasteiger partial charge in [0.05, 0.1) is 6.04 Å². The van der Waals surface area contributed by atoms with Crippen molar-refractivity contribution in [2.75, 3.05) is 11.9 Å². The van der Waals surface area contributed by atoms with Crippen LogP contribution >= 0.6 is 12.4 Å². The standard InChI is InChI=1S/C12H15N3O2.ClH/c13-11(16)8-3-1-4-9(7-8)15-12(17)10-5-2-6-14-10;/h1,3-4,7,10,14H,2,5-6H2,(H2,13,16)(H,15,17);1H/t10-;/m0./s1. The van der Waals surface area contributed by atoms with Gasteiger partial charge < -0.3 is 16.4 Å². The Morgan fingerprint density at radius 1 is 1.39 bits per heavy atom. The second-order valence-corrected chi connectivity index (χ2v) is 4.08. The zero-order valence-electron chi connectivity index (χ0n) is 9.81. The van der Waals surface area contributed by atoms with Gasteiger partial charge >= 0.3 is 0 Å². The topological polar surface area (TPSA) is 84.2 Å². The van der Waals surface area contributed by atoms with Gasteiger partial charge in [0.1, 0.15) is 0 Å². The number of amides is 2. The largest absolute Gasteiger partial charge is 0.366 e. The van der Waals surface area contributed by atoms with E-state index in [0.717, 1.165) is 19.4 Å². The van der Waals surface area contributed by atoms with Crippen molar-refractivity contribution in [3.63, 3.8) is 0 Å². The Labute approximate surface area is 112 Å². The van der Waals surface area contributed by atoms with E-state index >= 15 is 0 Å². The van der Waals surface area contributed by atoms with E-state index in [1.807, 2.05) is 0 Å². The molecular weight excluding hydrogens is 254 g/mol. The molecule has 1 aliphatic heterocycles. The SMILES string of the molecule is Cl.NC(=O)c1cccc(NC(=O)[C@@H]2CCCN2)c1. The summed E-state index contributed by atoms with van der Waals surface area (Å²) in [5.74, 6) is -0.566. The van der Waals surface area contributed by atoms with Crippen LogP contribution in [0.5, 0.6) is 0 Å². The highest BCUT2D eigenvalue weighted by Gasteiger charge is 2.21. The summed E-state index contributed by atoms with van der Waals surface area (Å²) in [5.41, 5.74) is 6.16. The zero-order valence-corrected chi connectivity index (χ0v) is 10.6. The molecule has 18 heavy (non-hydrogen) atoms. The van der Waals surface area contributed by atoms with Gasteiger partial charge in [-0.15, -0.1) is 12.4 Å².